The first-order chi connectivity index (χ1) is 11.9. The van der Waals surface area contributed by atoms with Crippen LogP contribution in [0.5, 0.6) is 0 Å². The van der Waals surface area contributed by atoms with Crippen molar-refractivity contribution in [3.8, 4) is 0 Å². The number of hydrogen-bond acceptors (Lipinski definition) is 4. The topological polar surface area (TPSA) is 66.5 Å². The van der Waals surface area contributed by atoms with Gasteiger partial charge >= 0.3 is 0 Å². The third kappa shape index (κ3) is 5.74. The summed E-state index contributed by atoms with van der Waals surface area (Å²) in [4.78, 5) is 13.2. The fourth-order valence-electron chi connectivity index (χ4n) is 2.28. The van der Waals surface area contributed by atoms with E-state index < -0.39 is 10.9 Å². The maximum Gasteiger partial charge on any atom is 0.239 e. The summed E-state index contributed by atoms with van der Waals surface area (Å²) in [6.45, 7) is 1.71. The summed E-state index contributed by atoms with van der Waals surface area (Å²) in [5.41, 5.74) is 2.35. The molecule has 0 spiro atoms. The van der Waals surface area contributed by atoms with E-state index in [1.165, 1.54) is 11.8 Å². The lowest BCUT2D eigenvalue weighted by Gasteiger charge is -2.17. The minimum Gasteiger partial charge on any atom is -0.324 e. The van der Waals surface area contributed by atoms with Crippen LogP contribution in [0.3, 0.4) is 0 Å². The van der Waals surface area contributed by atoms with E-state index in [0.717, 1.165) is 20.3 Å². The van der Waals surface area contributed by atoms with Gasteiger partial charge in [0.15, 0.2) is 0 Å². The number of benzene rings is 2. The second kappa shape index (κ2) is 9.24. The smallest absolute Gasteiger partial charge is 0.239 e. The van der Waals surface area contributed by atoms with Gasteiger partial charge in [-0.3, -0.25) is 4.79 Å². The largest absolute Gasteiger partial charge is 0.324 e. The van der Waals surface area contributed by atoms with Crippen molar-refractivity contribution in [1.82, 2.24) is 4.31 Å². The number of aryl methyl sites for hydroxylation is 1. The highest BCUT2D eigenvalue weighted by Crippen LogP contribution is 2.24. The van der Waals surface area contributed by atoms with Gasteiger partial charge in [0.2, 0.25) is 16.8 Å². The van der Waals surface area contributed by atoms with E-state index >= 15 is 0 Å². The molecule has 2 aromatic carbocycles. The molecule has 0 aliphatic rings. The van der Waals surface area contributed by atoms with Crippen LogP contribution in [0.4, 0.5) is 5.69 Å². The Kier molecular flexibility index (Phi) is 7.31. The molecule has 0 bridgehead atoms. The molecule has 0 unspecified atom stereocenters. The molecule has 0 atom stereocenters. The van der Waals surface area contributed by atoms with Gasteiger partial charge in [0.05, 0.1) is 12.2 Å². The van der Waals surface area contributed by atoms with E-state index in [2.05, 4.69) is 5.32 Å². The summed E-state index contributed by atoms with van der Waals surface area (Å²) in [5.74, 6) is -0.389. The molecular formula is C17H19ClN2O3S2. The van der Waals surface area contributed by atoms with E-state index in [9.17, 15) is 13.2 Å². The zero-order valence-electron chi connectivity index (χ0n) is 13.9. The molecular weight excluding hydrogens is 380 g/mol. The monoisotopic (exact) mass is 398 g/mol. The minimum absolute atomic E-state index is 0.0999. The van der Waals surface area contributed by atoms with Crippen molar-refractivity contribution in [2.45, 2.75) is 18.4 Å². The van der Waals surface area contributed by atoms with Crippen molar-refractivity contribution in [2.24, 2.45) is 0 Å². The zero-order valence-corrected chi connectivity index (χ0v) is 16.3. The molecule has 2 aromatic rings. The number of hydrogen-bond donors (Lipinski definition) is 2. The summed E-state index contributed by atoms with van der Waals surface area (Å²) in [5, 5.41) is 3.29. The van der Waals surface area contributed by atoms with E-state index in [0.29, 0.717) is 10.7 Å². The van der Waals surface area contributed by atoms with Crippen molar-refractivity contribution in [3.63, 3.8) is 0 Å². The number of thiol groups is 1. The molecule has 2 rings (SSSR count). The molecule has 0 aliphatic carbocycles. The lowest BCUT2D eigenvalue weighted by molar-refractivity contribution is -0.116. The van der Waals surface area contributed by atoms with Crippen LogP contribution in [0.25, 0.3) is 0 Å². The number of nitrogens with zero attached hydrogens (tertiary/aromatic N) is 1. The first-order valence-electron chi connectivity index (χ1n) is 7.48. The van der Waals surface area contributed by atoms with Crippen LogP contribution in [-0.2, 0) is 22.2 Å². The summed E-state index contributed by atoms with van der Waals surface area (Å²) in [7, 11) is -2.90. The predicted octanol–water partition coefficient (Wildman–Crippen LogP) is 3.34. The maximum absolute atomic E-state index is 12.3. The molecule has 5 nitrogen and oxygen atoms in total. The summed E-state index contributed by atoms with van der Waals surface area (Å²) < 4.78 is 24.2. The number of amides is 1. The number of carbonyl (C=O) groups is 1. The van der Waals surface area contributed by atoms with E-state index in [1.54, 1.807) is 18.2 Å². The lowest BCUT2D eigenvalue weighted by atomic mass is 10.1. The fraction of sp³-hybridized carbons (Fsp3) is 0.235. The Balaban J connectivity index is 2.11. The molecule has 0 saturated carbocycles. The Morgan fingerprint density at radius 3 is 2.64 bits per heavy atom. The predicted molar refractivity (Wildman–Crippen MR) is 104 cm³/mol. The lowest BCUT2D eigenvalue weighted by Crippen LogP contribution is -2.32. The first-order valence-corrected chi connectivity index (χ1v) is 10.2. The van der Waals surface area contributed by atoms with Crippen molar-refractivity contribution < 1.29 is 13.2 Å². The van der Waals surface area contributed by atoms with Crippen LogP contribution in [0.15, 0.2) is 47.4 Å². The normalized spacial score (nSPS) is 11.1. The number of halogens is 1. The average Bonchev–Trinajstić information content (AvgIpc) is 2.57. The highest BCUT2D eigenvalue weighted by molar-refractivity contribution is 7.98. The number of rotatable bonds is 7. The average molecular weight is 399 g/mol. The fourth-order valence-corrected chi connectivity index (χ4v) is 3.54. The molecule has 1 N–H and O–H groups in total. The third-order valence-corrected chi connectivity index (χ3v) is 5.38. The van der Waals surface area contributed by atoms with E-state index in [1.807, 2.05) is 37.4 Å². The van der Waals surface area contributed by atoms with Crippen molar-refractivity contribution in [3.05, 3.63) is 58.6 Å². The highest BCUT2D eigenvalue weighted by Gasteiger charge is 2.16. The summed E-state index contributed by atoms with van der Waals surface area (Å²) in [6.07, 6.45) is 1.91. The molecule has 0 heterocycles. The first kappa shape index (κ1) is 19.8. The highest BCUT2D eigenvalue weighted by atomic mass is 35.5. The third-order valence-electron chi connectivity index (χ3n) is 3.60. The minimum atomic E-state index is -2.90. The van der Waals surface area contributed by atoms with Gasteiger partial charge in [-0.15, -0.1) is 11.8 Å². The molecule has 0 aromatic heterocycles. The number of nitrogens with one attached hydrogen (secondary N) is 1. The summed E-state index contributed by atoms with van der Waals surface area (Å²) in [6, 6.07) is 12.6. The molecule has 0 aliphatic heterocycles. The van der Waals surface area contributed by atoms with Crippen LogP contribution < -0.4 is 5.32 Å². The standard InChI is InChI=1S/C17H19ClN2O3S2/c1-12-7-8-14(18)9-13(12)10-20(25(22)23)11-17(21)19-15-5-3-4-6-16(15)24-2/h3-9,25H,10-11H2,1-2H3,(H,19,21). The van der Waals surface area contributed by atoms with Crippen molar-refractivity contribution >= 4 is 45.8 Å². The van der Waals surface area contributed by atoms with Gasteiger partial charge in [0.1, 0.15) is 0 Å². The number of thioether (sulfide) groups is 1. The Morgan fingerprint density at radius 2 is 1.96 bits per heavy atom. The van der Waals surface area contributed by atoms with Gasteiger partial charge < -0.3 is 5.32 Å². The number of carbonyl (C=O) groups excluding carboxylic acids is 1. The molecule has 1 amide bonds. The van der Waals surface area contributed by atoms with Gasteiger partial charge in [0.25, 0.3) is 0 Å². The van der Waals surface area contributed by atoms with E-state index in [-0.39, 0.29) is 19.0 Å². The molecule has 0 fully saturated rings. The van der Waals surface area contributed by atoms with Crippen LogP contribution in [-0.4, -0.2) is 31.4 Å². The Labute approximate surface area is 158 Å². The van der Waals surface area contributed by atoms with Gasteiger partial charge in [-0.05, 0) is 48.6 Å². The number of anilines is 1. The van der Waals surface area contributed by atoms with Gasteiger partial charge in [0, 0.05) is 16.5 Å². The molecule has 0 radical (unpaired) electrons. The number of para-hydroxylation sites is 1. The Morgan fingerprint density at radius 1 is 1.24 bits per heavy atom. The maximum atomic E-state index is 12.3. The van der Waals surface area contributed by atoms with Gasteiger partial charge in [-0.2, -0.15) is 4.31 Å². The van der Waals surface area contributed by atoms with Gasteiger partial charge in [-0.1, -0.05) is 29.8 Å². The Bertz CT molecular complexity index is 832. The molecule has 0 saturated heterocycles. The SMILES string of the molecule is CSc1ccccc1NC(=O)CN(Cc1cc(Cl)ccc1C)[SH](=O)=O. The van der Waals surface area contributed by atoms with Crippen LogP contribution in [0, 0.1) is 6.92 Å². The Hall–Kier alpha value is -1.54. The molecule has 134 valence electrons. The second-order valence-electron chi connectivity index (χ2n) is 5.38. The van der Waals surface area contributed by atoms with Crippen molar-refractivity contribution in [1.29, 1.82) is 0 Å². The van der Waals surface area contributed by atoms with Crippen LogP contribution in [0.1, 0.15) is 11.1 Å². The quantitative estimate of drug-likeness (QED) is 0.554. The van der Waals surface area contributed by atoms with Crippen LogP contribution in [0.2, 0.25) is 5.02 Å². The van der Waals surface area contributed by atoms with Gasteiger partial charge in [-0.25, -0.2) is 8.42 Å². The van der Waals surface area contributed by atoms with Crippen LogP contribution >= 0.6 is 23.4 Å². The van der Waals surface area contributed by atoms with E-state index in [4.69, 9.17) is 11.6 Å². The van der Waals surface area contributed by atoms with Crippen molar-refractivity contribution in [2.75, 3.05) is 18.1 Å². The molecule has 25 heavy (non-hydrogen) atoms. The summed E-state index contributed by atoms with van der Waals surface area (Å²) >= 11 is 7.48. The molecule has 8 heteroatoms. The second-order valence-corrected chi connectivity index (χ2v) is 7.71. The zero-order chi connectivity index (χ0) is 18.4.